The van der Waals surface area contributed by atoms with E-state index in [1.807, 2.05) is 0 Å². The monoisotopic (exact) mass is 167 g/mol. The first-order valence-corrected chi connectivity index (χ1v) is 5.58. The van der Waals surface area contributed by atoms with Crippen LogP contribution in [0.2, 0.25) is 0 Å². The maximum atomic E-state index is 3.74. The molecule has 0 aromatic carbocycles. The molecular weight excluding hydrogens is 146 g/mol. The lowest BCUT2D eigenvalue weighted by molar-refractivity contribution is 0.402. The van der Waals surface area contributed by atoms with Crippen LogP contribution in [0.3, 0.4) is 0 Å². The standard InChI is InChI=1S/C11H21N/c1-2-11(7-8-11)9-12-10-5-3-4-6-10/h10,12H,2-9H2,1H3. The van der Waals surface area contributed by atoms with E-state index in [9.17, 15) is 0 Å². The van der Waals surface area contributed by atoms with Crippen LogP contribution in [0.15, 0.2) is 0 Å². The lowest BCUT2D eigenvalue weighted by atomic mass is 10.0. The molecule has 0 aromatic heterocycles. The molecular formula is C11H21N. The second kappa shape index (κ2) is 3.37. The minimum absolute atomic E-state index is 0.739. The van der Waals surface area contributed by atoms with Gasteiger partial charge in [-0.05, 0) is 37.5 Å². The van der Waals surface area contributed by atoms with Crippen LogP contribution in [0.5, 0.6) is 0 Å². The molecule has 0 bridgehead atoms. The Bertz CT molecular complexity index is 143. The first-order chi connectivity index (χ1) is 5.85. The van der Waals surface area contributed by atoms with E-state index in [2.05, 4.69) is 12.2 Å². The maximum absolute atomic E-state index is 3.74. The number of rotatable bonds is 4. The molecule has 2 rings (SSSR count). The molecule has 70 valence electrons. The van der Waals surface area contributed by atoms with Gasteiger partial charge in [0.15, 0.2) is 0 Å². The summed E-state index contributed by atoms with van der Waals surface area (Å²) in [6.45, 7) is 3.64. The van der Waals surface area contributed by atoms with Gasteiger partial charge in [0.1, 0.15) is 0 Å². The Hall–Kier alpha value is -0.0400. The van der Waals surface area contributed by atoms with Crippen molar-refractivity contribution in [3.63, 3.8) is 0 Å². The quantitative estimate of drug-likeness (QED) is 0.679. The lowest BCUT2D eigenvalue weighted by Gasteiger charge is -2.17. The maximum Gasteiger partial charge on any atom is 0.00672 e. The first kappa shape index (κ1) is 8.55. The van der Waals surface area contributed by atoms with E-state index in [0.717, 1.165) is 11.5 Å². The molecule has 0 aromatic rings. The Labute approximate surface area is 75.9 Å². The van der Waals surface area contributed by atoms with Crippen molar-refractivity contribution in [2.45, 2.75) is 57.9 Å². The van der Waals surface area contributed by atoms with E-state index in [1.165, 1.54) is 51.5 Å². The van der Waals surface area contributed by atoms with Crippen molar-refractivity contribution in [2.24, 2.45) is 5.41 Å². The van der Waals surface area contributed by atoms with E-state index in [-0.39, 0.29) is 0 Å². The summed E-state index contributed by atoms with van der Waals surface area (Å²) in [5, 5.41) is 3.74. The Kier molecular flexibility index (Phi) is 2.40. The fourth-order valence-electron chi connectivity index (χ4n) is 2.32. The number of hydrogen-bond donors (Lipinski definition) is 1. The van der Waals surface area contributed by atoms with Crippen molar-refractivity contribution in [3.8, 4) is 0 Å². The topological polar surface area (TPSA) is 12.0 Å². The van der Waals surface area contributed by atoms with Crippen molar-refractivity contribution in [1.82, 2.24) is 5.32 Å². The molecule has 0 radical (unpaired) electrons. The summed E-state index contributed by atoms with van der Waals surface area (Å²) < 4.78 is 0. The van der Waals surface area contributed by atoms with Crippen LogP contribution in [0.25, 0.3) is 0 Å². The summed E-state index contributed by atoms with van der Waals surface area (Å²) in [5.41, 5.74) is 0.739. The lowest BCUT2D eigenvalue weighted by Crippen LogP contribution is -2.31. The molecule has 0 aliphatic heterocycles. The molecule has 0 atom stereocenters. The smallest absolute Gasteiger partial charge is 0.00672 e. The third-order valence-corrected chi connectivity index (χ3v) is 3.83. The number of nitrogens with one attached hydrogen (secondary N) is 1. The third-order valence-electron chi connectivity index (χ3n) is 3.83. The largest absolute Gasteiger partial charge is 0.313 e. The normalized spacial score (nSPS) is 27.8. The van der Waals surface area contributed by atoms with Gasteiger partial charge in [-0.25, -0.2) is 0 Å². The number of hydrogen-bond acceptors (Lipinski definition) is 1. The summed E-state index contributed by atoms with van der Waals surface area (Å²) in [6, 6.07) is 0.869. The average Bonchev–Trinajstić information content (AvgIpc) is 2.70. The van der Waals surface area contributed by atoms with Crippen molar-refractivity contribution in [2.75, 3.05) is 6.54 Å². The van der Waals surface area contributed by atoms with Crippen LogP contribution >= 0.6 is 0 Å². The van der Waals surface area contributed by atoms with Crippen LogP contribution in [-0.4, -0.2) is 12.6 Å². The van der Waals surface area contributed by atoms with Gasteiger partial charge in [0.25, 0.3) is 0 Å². The van der Waals surface area contributed by atoms with Crippen LogP contribution < -0.4 is 5.32 Å². The molecule has 2 saturated carbocycles. The highest BCUT2D eigenvalue weighted by atomic mass is 14.9. The van der Waals surface area contributed by atoms with E-state index in [4.69, 9.17) is 0 Å². The summed E-state index contributed by atoms with van der Waals surface area (Å²) in [4.78, 5) is 0. The summed E-state index contributed by atoms with van der Waals surface area (Å²) in [6.07, 6.45) is 10.1. The van der Waals surface area contributed by atoms with Crippen molar-refractivity contribution < 1.29 is 0 Å². The zero-order valence-electron chi connectivity index (χ0n) is 8.23. The highest BCUT2D eigenvalue weighted by molar-refractivity contribution is 4.94. The van der Waals surface area contributed by atoms with Crippen LogP contribution in [0, 0.1) is 5.41 Å². The van der Waals surface area contributed by atoms with Gasteiger partial charge in [0.2, 0.25) is 0 Å². The van der Waals surface area contributed by atoms with E-state index >= 15 is 0 Å². The zero-order valence-corrected chi connectivity index (χ0v) is 8.23. The zero-order chi connectivity index (χ0) is 8.44. The van der Waals surface area contributed by atoms with Crippen molar-refractivity contribution in [1.29, 1.82) is 0 Å². The van der Waals surface area contributed by atoms with Crippen LogP contribution in [0.1, 0.15) is 51.9 Å². The summed E-state index contributed by atoms with van der Waals surface area (Å²) in [7, 11) is 0. The summed E-state index contributed by atoms with van der Waals surface area (Å²) in [5.74, 6) is 0. The molecule has 0 saturated heterocycles. The minimum Gasteiger partial charge on any atom is -0.313 e. The predicted molar refractivity (Wildman–Crippen MR) is 52.2 cm³/mol. The molecule has 0 amide bonds. The average molecular weight is 167 g/mol. The van der Waals surface area contributed by atoms with Gasteiger partial charge < -0.3 is 5.32 Å². The van der Waals surface area contributed by atoms with Gasteiger partial charge in [-0.15, -0.1) is 0 Å². The molecule has 0 heterocycles. The molecule has 1 heteroatoms. The van der Waals surface area contributed by atoms with Gasteiger partial charge in [-0.1, -0.05) is 19.8 Å². The van der Waals surface area contributed by atoms with Gasteiger partial charge in [0, 0.05) is 12.6 Å². The predicted octanol–water partition coefficient (Wildman–Crippen LogP) is 2.71. The minimum atomic E-state index is 0.739. The molecule has 1 N–H and O–H groups in total. The molecule has 0 unspecified atom stereocenters. The molecule has 12 heavy (non-hydrogen) atoms. The van der Waals surface area contributed by atoms with Crippen molar-refractivity contribution in [3.05, 3.63) is 0 Å². The fourth-order valence-corrected chi connectivity index (χ4v) is 2.32. The van der Waals surface area contributed by atoms with E-state index in [0.29, 0.717) is 0 Å². The fraction of sp³-hybridized carbons (Fsp3) is 1.00. The first-order valence-electron chi connectivity index (χ1n) is 5.58. The molecule has 2 aliphatic carbocycles. The van der Waals surface area contributed by atoms with Crippen molar-refractivity contribution >= 4 is 0 Å². The Balaban J connectivity index is 1.67. The van der Waals surface area contributed by atoms with Gasteiger partial charge >= 0.3 is 0 Å². The Morgan fingerprint density at radius 3 is 2.42 bits per heavy atom. The molecule has 1 nitrogen and oxygen atoms in total. The second-order valence-corrected chi connectivity index (χ2v) is 4.72. The Morgan fingerprint density at radius 1 is 1.25 bits per heavy atom. The highest BCUT2D eigenvalue weighted by Gasteiger charge is 2.40. The van der Waals surface area contributed by atoms with Gasteiger partial charge in [-0.2, -0.15) is 0 Å². The molecule has 2 fully saturated rings. The molecule has 2 aliphatic rings. The summed E-state index contributed by atoms with van der Waals surface area (Å²) >= 11 is 0. The van der Waals surface area contributed by atoms with Crippen LogP contribution in [-0.2, 0) is 0 Å². The Morgan fingerprint density at radius 2 is 1.92 bits per heavy atom. The highest BCUT2D eigenvalue weighted by Crippen LogP contribution is 2.48. The van der Waals surface area contributed by atoms with E-state index < -0.39 is 0 Å². The molecule has 0 spiro atoms. The van der Waals surface area contributed by atoms with Crippen LogP contribution in [0.4, 0.5) is 0 Å². The van der Waals surface area contributed by atoms with Gasteiger partial charge in [-0.3, -0.25) is 0 Å². The SMILES string of the molecule is CCC1(CNC2CCCC2)CC1. The second-order valence-electron chi connectivity index (χ2n) is 4.72. The third kappa shape index (κ3) is 1.82. The van der Waals surface area contributed by atoms with E-state index in [1.54, 1.807) is 0 Å². The van der Waals surface area contributed by atoms with Gasteiger partial charge in [0.05, 0.1) is 0 Å².